The van der Waals surface area contributed by atoms with Gasteiger partial charge in [0.1, 0.15) is 0 Å². The van der Waals surface area contributed by atoms with E-state index in [-0.39, 0.29) is 10.3 Å². The van der Waals surface area contributed by atoms with Crippen molar-refractivity contribution in [3.05, 3.63) is 0 Å². The molecule has 2 heteroatoms. The molecular weight excluding hydrogens is 212 g/mol. The summed E-state index contributed by atoms with van der Waals surface area (Å²) >= 11 is 0. The third kappa shape index (κ3) is 4.26. The number of hydrogen-bond donors (Lipinski definition) is 0. The standard InChI is InChI=1S/C14H26O2.CH4.2H2/c1-11-3-5-12(6-4-11)13-7-9-14(10-8-13)16-15-2;;;/h11-14H,3-10H2,1-2H3;1H4;2*1H. The molecule has 2 fully saturated rings. The van der Waals surface area contributed by atoms with Crippen molar-refractivity contribution < 1.29 is 12.6 Å². The molecule has 0 bridgehead atoms. The molecule has 2 aliphatic rings. The fourth-order valence-corrected chi connectivity index (χ4v) is 3.55. The maximum atomic E-state index is 5.24. The minimum absolute atomic E-state index is 0. The van der Waals surface area contributed by atoms with E-state index in [1.807, 2.05) is 0 Å². The maximum absolute atomic E-state index is 5.24. The van der Waals surface area contributed by atoms with Crippen LogP contribution in [0.15, 0.2) is 0 Å². The first-order valence-electron chi connectivity index (χ1n) is 6.99. The molecule has 2 nitrogen and oxygen atoms in total. The summed E-state index contributed by atoms with van der Waals surface area (Å²) in [5.74, 6) is 2.97. The van der Waals surface area contributed by atoms with Crippen LogP contribution in [0.25, 0.3) is 0 Å². The Morgan fingerprint density at radius 1 is 0.824 bits per heavy atom. The summed E-state index contributed by atoms with van der Waals surface area (Å²) in [4.78, 5) is 10.0. The van der Waals surface area contributed by atoms with Gasteiger partial charge in [0.2, 0.25) is 0 Å². The molecule has 0 heterocycles. The zero-order chi connectivity index (χ0) is 11.4. The van der Waals surface area contributed by atoms with E-state index in [0.29, 0.717) is 6.10 Å². The van der Waals surface area contributed by atoms with Crippen molar-refractivity contribution >= 4 is 0 Å². The summed E-state index contributed by atoms with van der Waals surface area (Å²) in [5.41, 5.74) is 0. The highest BCUT2D eigenvalue weighted by Crippen LogP contribution is 2.40. The van der Waals surface area contributed by atoms with Gasteiger partial charge in [0.25, 0.3) is 0 Å². The van der Waals surface area contributed by atoms with E-state index < -0.39 is 0 Å². The molecule has 0 aromatic carbocycles. The Bertz CT molecular complexity index is 198. The lowest BCUT2D eigenvalue weighted by Crippen LogP contribution is -2.28. The Morgan fingerprint density at radius 3 is 1.76 bits per heavy atom. The highest BCUT2D eigenvalue weighted by atomic mass is 17.2. The molecule has 0 saturated heterocycles. The van der Waals surface area contributed by atoms with E-state index in [1.165, 1.54) is 51.4 Å². The van der Waals surface area contributed by atoms with Crippen LogP contribution < -0.4 is 0 Å². The highest BCUT2D eigenvalue weighted by Gasteiger charge is 2.30. The molecule has 0 unspecified atom stereocenters. The van der Waals surface area contributed by atoms with Crippen LogP contribution in [0.3, 0.4) is 0 Å². The van der Waals surface area contributed by atoms with Crippen molar-refractivity contribution in [2.45, 2.75) is 71.8 Å². The zero-order valence-electron chi connectivity index (χ0n) is 10.8. The lowest BCUT2D eigenvalue weighted by atomic mass is 9.71. The largest absolute Gasteiger partial charge is 0.240 e. The molecule has 0 aromatic heterocycles. The second-order valence-corrected chi connectivity index (χ2v) is 5.82. The van der Waals surface area contributed by atoms with Crippen molar-refractivity contribution in [2.24, 2.45) is 17.8 Å². The van der Waals surface area contributed by atoms with E-state index in [0.717, 1.165) is 17.8 Å². The third-order valence-corrected chi connectivity index (χ3v) is 4.68. The van der Waals surface area contributed by atoms with E-state index in [4.69, 9.17) is 9.78 Å². The average molecular weight is 246 g/mol. The molecular formula is C15H34O2. The van der Waals surface area contributed by atoms with Gasteiger partial charge >= 0.3 is 0 Å². The smallest absolute Gasteiger partial charge is 0.0930 e. The molecule has 0 spiro atoms. The van der Waals surface area contributed by atoms with Gasteiger partial charge < -0.3 is 0 Å². The monoisotopic (exact) mass is 246 g/mol. The molecule has 0 radical (unpaired) electrons. The Morgan fingerprint density at radius 2 is 1.29 bits per heavy atom. The summed E-state index contributed by atoms with van der Waals surface area (Å²) in [7, 11) is 1.62. The molecule has 17 heavy (non-hydrogen) atoms. The third-order valence-electron chi connectivity index (χ3n) is 4.68. The van der Waals surface area contributed by atoms with Gasteiger partial charge in [0.15, 0.2) is 0 Å². The first kappa shape index (κ1) is 15.0. The summed E-state index contributed by atoms with van der Waals surface area (Å²) in [6.07, 6.45) is 11.3. The van der Waals surface area contributed by atoms with Gasteiger partial charge in [-0.1, -0.05) is 27.2 Å². The Kier molecular flexibility index (Phi) is 6.50. The predicted octanol–water partition coefficient (Wildman–Crippen LogP) is 5.08. The highest BCUT2D eigenvalue weighted by molar-refractivity contribution is 4.81. The molecule has 0 N–H and O–H groups in total. The Labute approximate surface area is 110 Å². The lowest BCUT2D eigenvalue weighted by Gasteiger charge is -2.36. The predicted molar refractivity (Wildman–Crippen MR) is 75.9 cm³/mol. The summed E-state index contributed by atoms with van der Waals surface area (Å²) in [6.45, 7) is 2.40. The van der Waals surface area contributed by atoms with Gasteiger partial charge in [0, 0.05) is 2.85 Å². The van der Waals surface area contributed by atoms with Gasteiger partial charge in [-0.3, -0.25) is 0 Å². The molecule has 0 amide bonds. The maximum Gasteiger partial charge on any atom is 0.0930 e. The van der Waals surface area contributed by atoms with Crippen LogP contribution in [0.4, 0.5) is 0 Å². The minimum atomic E-state index is 0. The lowest BCUT2D eigenvalue weighted by molar-refractivity contribution is -0.310. The topological polar surface area (TPSA) is 18.5 Å². The van der Waals surface area contributed by atoms with Crippen LogP contribution >= 0.6 is 0 Å². The van der Waals surface area contributed by atoms with Crippen molar-refractivity contribution in [3.63, 3.8) is 0 Å². The summed E-state index contributed by atoms with van der Waals surface area (Å²) in [6, 6.07) is 0. The second-order valence-electron chi connectivity index (χ2n) is 5.82. The van der Waals surface area contributed by atoms with E-state index in [1.54, 1.807) is 7.11 Å². The van der Waals surface area contributed by atoms with Gasteiger partial charge in [-0.05, 0) is 56.3 Å². The summed E-state index contributed by atoms with van der Waals surface area (Å²) in [5, 5.41) is 0. The van der Waals surface area contributed by atoms with Gasteiger partial charge in [-0.25, -0.2) is 9.78 Å². The molecule has 0 atom stereocenters. The van der Waals surface area contributed by atoms with Crippen molar-refractivity contribution in [2.75, 3.05) is 7.11 Å². The quantitative estimate of drug-likeness (QED) is 0.511. The van der Waals surface area contributed by atoms with E-state index in [2.05, 4.69) is 6.92 Å². The Balaban J connectivity index is 0. The van der Waals surface area contributed by atoms with E-state index >= 15 is 0 Å². The van der Waals surface area contributed by atoms with Crippen LogP contribution in [0.5, 0.6) is 0 Å². The fourth-order valence-electron chi connectivity index (χ4n) is 3.55. The van der Waals surface area contributed by atoms with Crippen molar-refractivity contribution in [1.82, 2.24) is 0 Å². The van der Waals surface area contributed by atoms with Gasteiger partial charge in [0.05, 0.1) is 13.2 Å². The number of hydrogen-bond acceptors (Lipinski definition) is 2. The SMILES string of the molecule is C.COOC1CCC(C2CCC(C)CC2)CC1.[HH].[HH]. The van der Waals surface area contributed by atoms with Crippen LogP contribution in [0.1, 0.15) is 68.6 Å². The van der Waals surface area contributed by atoms with Crippen LogP contribution in [0.2, 0.25) is 0 Å². The molecule has 2 aliphatic carbocycles. The van der Waals surface area contributed by atoms with Crippen LogP contribution in [-0.2, 0) is 9.78 Å². The van der Waals surface area contributed by atoms with Crippen LogP contribution in [0, 0.1) is 17.8 Å². The molecule has 106 valence electrons. The molecule has 0 aromatic rings. The summed E-state index contributed by atoms with van der Waals surface area (Å²) < 4.78 is 0. The minimum Gasteiger partial charge on any atom is -0.240 e. The first-order chi connectivity index (χ1) is 7.79. The normalized spacial score (nSPS) is 38.5. The van der Waals surface area contributed by atoms with Crippen LogP contribution in [-0.4, -0.2) is 13.2 Å². The zero-order valence-corrected chi connectivity index (χ0v) is 10.8. The number of rotatable bonds is 3. The van der Waals surface area contributed by atoms with Crippen molar-refractivity contribution in [1.29, 1.82) is 0 Å². The molecule has 2 saturated carbocycles. The first-order valence-corrected chi connectivity index (χ1v) is 6.99. The van der Waals surface area contributed by atoms with E-state index in [9.17, 15) is 0 Å². The van der Waals surface area contributed by atoms with Crippen molar-refractivity contribution in [3.8, 4) is 0 Å². The fraction of sp³-hybridized carbons (Fsp3) is 1.00. The second kappa shape index (κ2) is 7.38. The average Bonchev–Trinajstić information content (AvgIpc) is 2.32. The van der Waals surface area contributed by atoms with Gasteiger partial charge in [-0.15, -0.1) is 0 Å². The van der Waals surface area contributed by atoms with Gasteiger partial charge in [-0.2, -0.15) is 0 Å². The molecule has 2 rings (SSSR count). The Hall–Kier alpha value is -0.0800. The molecule has 0 aliphatic heterocycles.